The van der Waals surface area contributed by atoms with E-state index < -0.39 is 0 Å². The molecule has 3 atom stereocenters. The molecule has 4 aromatic rings. The molecule has 0 saturated carbocycles. The number of rotatable bonds is 16. The summed E-state index contributed by atoms with van der Waals surface area (Å²) < 4.78 is 14.0. The highest BCUT2D eigenvalue weighted by Gasteiger charge is 2.19. The van der Waals surface area contributed by atoms with Gasteiger partial charge in [0.2, 0.25) is 0 Å². The fourth-order valence-electron chi connectivity index (χ4n) is 5.00. The standard InChI is InChI=1S/C14H18O3.C12H14O2.C11H14O.C9H10O2/c1-2-17-14(16)10-6-9-13(11-15)12-7-4-3-5-8-12;1-3-7-11(12(13)14-2)10-8-5-4-6-9-10;1-2-6-11(9-12)10-7-4-3-5-8-10;1-11-9(10)7-8-5-3-2-4-6-8/h3-8,10,13,15H,2,9,11H2,1H3;3-6,8-9,11H,1,7H2,2H3;2-5,7-8,11-12H,1,6,9H2;2-6H,7H2,1H3/b10-6+;;;. The van der Waals surface area contributed by atoms with Gasteiger partial charge in [-0.2, -0.15) is 0 Å². The minimum atomic E-state index is -0.336. The maximum absolute atomic E-state index is 11.4. The number of hydrogen-bond donors (Lipinski definition) is 2. The molecule has 0 radical (unpaired) electrons. The number of ether oxygens (including phenoxy) is 3. The highest BCUT2D eigenvalue weighted by atomic mass is 16.5. The van der Waals surface area contributed by atoms with E-state index in [4.69, 9.17) is 14.6 Å². The Bertz CT molecular complexity index is 1610. The monoisotopic (exact) mass is 736 g/mol. The quantitative estimate of drug-likeness (QED) is 0.0509. The molecule has 0 fully saturated rings. The predicted octanol–water partition coefficient (Wildman–Crippen LogP) is 8.53. The molecule has 0 bridgehead atoms. The van der Waals surface area contributed by atoms with E-state index in [0.717, 1.165) is 23.1 Å². The zero-order valence-electron chi connectivity index (χ0n) is 31.8. The first-order valence-corrected chi connectivity index (χ1v) is 17.9. The summed E-state index contributed by atoms with van der Waals surface area (Å²) >= 11 is 0. The van der Waals surface area contributed by atoms with Crippen LogP contribution in [-0.4, -0.2) is 62.2 Å². The number of methoxy groups -OCH3 is 2. The summed E-state index contributed by atoms with van der Waals surface area (Å²) in [6.45, 7) is 9.71. The molecule has 0 aliphatic heterocycles. The fraction of sp³-hybridized carbons (Fsp3) is 0.283. The second kappa shape index (κ2) is 29.9. The lowest BCUT2D eigenvalue weighted by Gasteiger charge is -2.12. The van der Waals surface area contributed by atoms with Crippen molar-refractivity contribution < 1.29 is 38.8 Å². The van der Waals surface area contributed by atoms with Gasteiger partial charge in [0.1, 0.15) is 0 Å². The van der Waals surface area contributed by atoms with E-state index in [1.807, 2.05) is 127 Å². The lowest BCUT2D eigenvalue weighted by Crippen LogP contribution is -2.13. The van der Waals surface area contributed by atoms with E-state index in [1.165, 1.54) is 25.9 Å². The van der Waals surface area contributed by atoms with Gasteiger partial charge in [-0.15, -0.1) is 13.2 Å². The predicted molar refractivity (Wildman–Crippen MR) is 216 cm³/mol. The minimum absolute atomic E-state index is 0.0295. The zero-order chi connectivity index (χ0) is 39.8. The molecule has 0 heterocycles. The summed E-state index contributed by atoms with van der Waals surface area (Å²) in [5, 5.41) is 18.4. The van der Waals surface area contributed by atoms with Gasteiger partial charge in [-0.3, -0.25) is 9.59 Å². The van der Waals surface area contributed by atoms with Gasteiger partial charge >= 0.3 is 17.9 Å². The van der Waals surface area contributed by atoms with Crippen molar-refractivity contribution in [1.29, 1.82) is 0 Å². The second-order valence-corrected chi connectivity index (χ2v) is 11.7. The van der Waals surface area contributed by atoms with Crippen LogP contribution >= 0.6 is 0 Å². The number of carbonyl (C=O) groups is 3. The van der Waals surface area contributed by atoms with Crippen LogP contribution in [0, 0.1) is 0 Å². The highest BCUT2D eigenvalue weighted by molar-refractivity contribution is 5.81. The van der Waals surface area contributed by atoms with Gasteiger partial charge in [0, 0.05) is 17.9 Å². The highest BCUT2D eigenvalue weighted by Crippen LogP contribution is 2.21. The topological polar surface area (TPSA) is 119 Å². The third kappa shape index (κ3) is 19.9. The van der Waals surface area contributed by atoms with E-state index in [1.54, 1.807) is 19.1 Å². The normalized spacial score (nSPS) is 11.6. The molecule has 0 aliphatic rings. The third-order valence-electron chi connectivity index (χ3n) is 7.90. The second-order valence-electron chi connectivity index (χ2n) is 11.7. The van der Waals surface area contributed by atoms with E-state index in [2.05, 4.69) is 17.9 Å². The van der Waals surface area contributed by atoms with Crippen molar-refractivity contribution in [3.05, 3.63) is 181 Å². The molecule has 8 heteroatoms. The summed E-state index contributed by atoms with van der Waals surface area (Å²) in [5.74, 6) is -0.728. The van der Waals surface area contributed by atoms with Gasteiger partial charge < -0.3 is 24.4 Å². The van der Waals surface area contributed by atoms with Crippen LogP contribution in [0.25, 0.3) is 0 Å². The van der Waals surface area contributed by atoms with Gasteiger partial charge in [0.05, 0.1) is 46.4 Å². The van der Waals surface area contributed by atoms with Gasteiger partial charge in [0.15, 0.2) is 0 Å². The number of carbonyl (C=O) groups excluding carboxylic acids is 3. The number of allylic oxidation sites excluding steroid dienone is 3. The molecule has 0 aliphatic carbocycles. The van der Waals surface area contributed by atoms with Crippen molar-refractivity contribution >= 4 is 17.9 Å². The van der Waals surface area contributed by atoms with E-state index in [-0.39, 0.29) is 48.9 Å². The number of esters is 3. The molecule has 0 saturated heterocycles. The summed E-state index contributed by atoms with van der Waals surface area (Å²) in [7, 11) is 2.80. The molecule has 8 nitrogen and oxygen atoms in total. The molecule has 0 spiro atoms. The Morgan fingerprint density at radius 3 is 1.48 bits per heavy atom. The smallest absolute Gasteiger partial charge is 0.330 e. The Kier molecular flexibility index (Phi) is 25.8. The largest absolute Gasteiger partial charge is 0.469 e. The Morgan fingerprint density at radius 1 is 0.630 bits per heavy atom. The van der Waals surface area contributed by atoms with E-state index in [0.29, 0.717) is 25.9 Å². The Balaban J connectivity index is 0.000000365. The van der Waals surface area contributed by atoms with Crippen molar-refractivity contribution in [2.24, 2.45) is 0 Å². The molecule has 4 rings (SSSR count). The molecule has 54 heavy (non-hydrogen) atoms. The first-order chi connectivity index (χ1) is 26.3. The van der Waals surface area contributed by atoms with Crippen molar-refractivity contribution in [1.82, 2.24) is 0 Å². The SMILES string of the molecule is C=CCC(C(=O)OC)c1ccccc1.C=CCC(CO)c1ccccc1.CCOC(=O)/C=C/CC(CO)c1ccccc1.COC(=O)Cc1ccccc1. The number of benzene rings is 4. The van der Waals surface area contributed by atoms with Crippen molar-refractivity contribution in [2.75, 3.05) is 34.0 Å². The third-order valence-corrected chi connectivity index (χ3v) is 7.90. The summed E-state index contributed by atoms with van der Waals surface area (Å²) in [6.07, 6.45) is 9.15. The first-order valence-electron chi connectivity index (χ1n) is 17.9. The molecule has 0 aromatic heterocycles. The zero-order valence-corrected chi connectivity index (χ0v) is 31.8. The summed E-state index contributed by atoms with van der Waals surface area (Å²) in [6, 6.07) is 38.9. The summed E-state index contributed by atoms with van der Waals surface area (Å²) in [5.41, 5.74) is 4.21. The number of aliphatic hydroxyl groups excluding tert-OH is 2. The van der Waals surface area contributed by atoms with Crippen molar-refractivity contribution in [2.45, 2.75) is 50.4 Å². The van der Waals surface area contributed by atoms with Crippen LogP contribution in [-0.2, 0) is 35.0 Å². The van der Waals surface area contributed by atoms with Gasteiger partial charge in [-0.25, -0.2) is 4.79 Å². The molecular formula is C46H56O8. The molecular weight excluding hydrogens is 680 g/mol. The average Bonchev–Trinajstić information content (AvgIpc) is 3.22. The van der Waals surface area contributed by atoms with Crippen LogP contribution in [0.4, 0.5) is 0 Å². The maximum Gasteiger partial charge on any atom is 0.330 e. The van der Waals surface area contributed by atoms with E-state index in [9.17, 15) is 19.5 Å². The van der Waals surface area contributed by atoms with E-state index >= 15 is 0 Å². The molecule has 4 aromatic carbocycles. The Morgan fingerprint density at radius 2 is 1.07 bits per heavy atom. The van der Waals surface area contributed by atoms with Gasteiger partial charge in [-0.05, 0) is 48.4 Å². The van der Waals surface area contributed by atoms with Crippen LogP contribution in [0.1, 0.15) is 66.2 Å². The minimum Gasteiger partial charge on any atom is -0.469 e. The van der Waals surface area contributed by atoms with Crippen LogP contribution in [0.2, 0.25) is 0 Å². The molecule has 3 unspecified atom stereocenters. The van der Waals surface area contributed by atoms with Crippen LogP contribution in [0.5, 0.6) is 0 Å². The molecule has 0 amide bonds. The van der Waals surface area contributed by atoms with Crippen molar-refractivity contribution in [3.8, 4) is 0 Å². The van der Waals surface area contributed by atoms with Crippen LogP contribution < -0.4 is 0 Å². The van der Waals surface area contributed by atoms with Crippen LogP contribution in [0.15, 0.2) is 159 Å². The van der Waals surface area contributed by atoms with Gasteiger partial charge in [-0.1, -0.05) is 140 Å². The van der Waals surface area contributed by atoms with Crippen LogP contribution in [0.3, 0.4) is 0 Å². The lowest BCUT2D eigenvalue weighted by molar-refractivity contribution is -0.142. The Labute approximate surface area is 321 Å². The maximum atomic E-state index is 11.4. The molecule has 2 N–H and O–H groups in total. The number of hydrogen-bond acceptors (Lipinski definition) is 8. The Hall–Kier alpha value is -5.57. The average molecular weight is 737 g/mol. The van der Waals surface area contributed by atoms with Gasteiger partial charge in [0.25, 0.3) is 0 Å². The fourth-order valence-corrected chi connectivity index (χ4v) is 5.00. The first kappa shape index (κ1) is 46.5. The lowest BCUT2D eigenvalue weighted by atomic mass is 9.96. The molecule has 288 valence electrons. The summed E-state index contributed by atoms with van der Waals surface area (Å²) in [4.78, 5) is 33.3. The number of aliphatic hydroxyl groups is 2. The van der Waals surface area contributed by atoms with Crippen molar-refractivity contribution in [3.63, 3.8) is 0 Å².